The highest BCUT2D eigenvalue weighted by Gasteiger charge is 2.12. The standard InChI is InChI=1S/C16H19N3O4/c1-3-22-11-17-8-9-23-16(20)15-10-14(18-19-15)12-4-6-13(21-2)7-5-12/h4-7,10-11H,3,8-9H2,1-2H3,(H,18,19). The molecule has 0 saturated heterocycles. The maximum Gasteiger partial charge on any atom is 0.356 e. The van der Waals surface area contributed by atoms with Gasteiger partial charge in [-0.15, -0.1) is 0 Å². The topological polar surface area (TPSA) is 85.8 Å². The van der Waals surface area contributed by atoms with Gasteiger partial charge in [0.05, 0.1) is 26.0 Å². The number of nitrogens with one attached hydrogen (secondary N) is 1. The zero-order valence-electron chi connectivity index (χ0n) is 13.1. The van der Waals surface area contributed by atoms with Crippen LogP contribution in [0.15, 0.2) is 35.3 Å². The largest absolute Gasteiger partial charge is 0.497 e. The van der Waals surface area contributed by atoms with Crippen molar-refractivity contribution >= 4 is 12.4 Å². The third-order valence-electron chi connectivity index (χ3n) is 2.95. The van der Waals surface area contributed by atoms with Crippen LogP contribution in [0.25, 0.3) is 11.3 Å². The minimum absolute atomic E-state index is 0.180. The van der Waals surface area contributed by atoms with Gasteiger partial charge in [-0.1, -0.05) is 0 Å². The van der Waals surface area contributed by atoms with Crippen LogP contribution in [0.4, 0.5) is 0 Å². The van der Waals surface area contributed by atoms with Crippen LogP contribution in [0.2, 0.25) is 0 Å². The summed E-state index contributed by atoms with van der Waals surface area (Å²) in [5.74, 6) is 0.292. The van der Waals surface area contributed by atoms with Crippen LogP contribution in [0.1, 0.15) is 17.4 Å². The lowest BCUT2D eigenvalue weighted by Crippen LogP contribution is -2.08. The molecule has 122 valence electrons. The summed E-state index contributed by atoms with van der Waals surface area (Å²) in [6.45, 7) is 2.96. The summed E-state index contributed by atoms with van der Waals surface area (Å²) in [6, 6.07) is 9.05. The first-order valence-corrected chi connectivity index (χ1v) is 7.21. The Labute approximate surface area is 134 Å². The number of ether oxygens (including phenoxy) is 3. The summed E-state index contributed by atoms with van der Waals surface area (Å²) >= 11 is 0. The lowest BCUT2D eigenvalue weighted by atomic mass is 10.1. The molecule has 0 aliphatic rings. The van der Waals surface area contributed by atoms with Crippen LogP contribution >= 0.6 is 0 Å². The monoisotopic (exact) mass is 317 g/mol. The number of esters is 1. The first-order chi connectivity index (χ1) is 11.2. The number of hydrogen-bond acceptors (Lipinski definition) is 6. The van der Waals surface area contributed by atoms with Crippen LogP contribution in [-0.2, 0) is 9.47 Å². The Morgan fingerprint density at radius 1 is 1.35 bits per heavy atom. The van der Waals surface area contributed by atoms with Gasteiger partial charge in [-0.05, 0) is 37.3 Å². The summed E-state index contributed by atoms with van der Waals surface area (Å²) in [7, 11) is 1.61. The Morgan fingerprint density at radius 3 is 2.83 bits per heavy atom. The van der Waals surface area contributed by atoms with Gasteiger partial charge >= 0.3 is 5.97 Å². The number of aromatic nitrogens is 2. The molecule has 7 heteroatoms. The highest BCUT2D eigenvalue weighted by molar-refractivity contribution is 5.88. The normalized spacial score (nSPS) is 10.7. The zero-order chi connectivity index (χ0) is 16.5. The Balaban J connectivity index is 1.89. The second-order valence-corrected chi connectivity index (χ2v) is 4.50. The van der Waals surface area contributed by atoms with Gasteiger partial charge in [-0.2, -0.15) is 5.10 Å². The number of aromatic amines is 1. The third kappa shape index (κ3) is 4.84. The Kier molecular flexibility index (Phi) is 6.17. The van der Waals surface area contributed by atoms with Gasteiger partial charge in [0.2, 0.25) is 0 Å². The maximum atomic E-state index is 11.9. The summed E-state index contributed by atoms with van der Waals surface area (Å²) in [6.07, 6.45) is 1.35. The predicted octanol–water partition coefficient (Wildman–Crippen LogP) is 2.31. The lowest BCUT2D eigenvalue weighted by molar-refractivity contribution is 0.0510. The minimum Gasteiger partial charge on any atom is -0.497 e. The van der Waals surface area contributed by atoms with E-state index in [1.165, 1.54) is 6.40 Å². The molecule has 0 fully saturated rings. The van der Waals surface area contributed by atoms with E-state index in [0.29, 0.717) is 24.5 Å². The number of hydrogen-bond donors (Lipinski definition) is 1. The van der Waals surface area contributed by atoms with E-state index in [-0.39, 0.29) is 6.61 Å². The molecule has 23 heavy (non-hydrogen) atoms. The van der Waals surface area contributed by atoms with E-state index in [4.69, 9.17) is 14.2 Å². The number of methoxy groups -OCH3 is 1. The van der Waals surface area contributed by atoms with Crippen molar-refractivity contribution in [1.82, 2.24) is 10.2 Å². The van der Waals surface area contributed by atoms with Gasteiger partial charge in [0.25, 0.3) is 0 Å². The average molecular weight is 317 g/mol. The van der Waals surface area contributed by atoms with E-state index >= 15 is 0 Å². The number of rotatable bonds is 8. The van der Waals surface area contributed by atoms with Crippen molar-refractivity contribution in [2.24, 2.45) is 4.99 Å². The molecular formula is C16H19N3O4. The van der Waals surface area contributed by atoms with Crippen LogP contribution in [0.5, 0.6) is 5.75 Å². The zero-order valence-corrected chi connectivity index (χ0v) is 13.1. The van der Waals surface area contributed by atoms with E-state index < -0.39 is 5.97 Å². The van der Waals surface area contributed by atoms with Crippen molar-refractivity contribution in [2.45, 2.75) is 6.92 Å². The van der Waals surface area contributed by atoms with Crippen LogP contribution in [-0.4, -0.2) is 49.4 Å². The van der Waals surface area contributed by atoms with E-state index in [1.54, 1.807) is 13.2 Å². The van der Waals surface area contributed by atoms with Gasteiger partial charge in [-0.25, -0.2) is 4.79 Å². The third-order valence-corrected chi connectivity index (χ3v) is 2.95. The van der Waals surface area contributed by atoms with Gasteiger partial charge in [-0.3, -0.25) is 10.1 Å². The second kappa shape index (κ2) is 8.57. The molecule has 0 unspecified atom stereocenters. The molecule has 1 heterocycles. The maximum absolute atomic E-state index is 11.9. The summed E-state index contributed by atoms with van der Waals surface area (Å²) < 4.78 is 15.1. The SMILES string of the molecule is CCOC=NCCOC(=O)c1cc(-c2ccc(OC)cc2)n[nH]1. The quantitative estimate of drug-likeness (QED) is 0.349. The molecule has 0 bridgehead atoms. The van der Waals surface area contributed by atoms with Gasteiger partial charge < -0.3 is 14.2 Å². The molecule has 2 aromatic rings. The molecule has 0 radical (unpaired) electrons. The minimum atomic E-state index is -0.469. The Hall–Kier alpha value is -2.83. The molecule has 1 aromatic heterocycles. The van der Waals surface area contributed by atoms with Crippen molar-refractivity contribution in [3.63, 3.8) is 0 Å². The smallest absolute Gasteiger partial charge is 0.356 e. The fraction of sp³-hybridized carbons (Fsp3) is 0.312. The van der Waals surface area contributed by atoms with Crippen LogP contribution < -0.4 is 4.74 Å². The van der Waals surface area contributed by atoms with Crippen molar-refractivity contribution in [3.05, 3.63) is 36.0 Å². The van der Waals surface area contributed by atoms with Crippen molar-refractivity contribution in [1.29, 1.82) is 0 Å². The molecule has 0 amide bonds. The molecule has 0 saturated carbocycles. The molecule has 1 N–H and O–H groups in total. The van der Waals surface area contributed by atoms with Crippen molar-refractivity contribution in [2.75, 3.05) is 26.9 Å². The average Bonchev–Trinajstić information content (AvgIpc) is 3.08. The molecule has 0 aliphatic heterocycles. The molecule has 2 rings (SSSR count). The highest BCUT2D eigenvalue weighted by Crippen LogP contribution is 2.21. The number of nitrogens with zero attached hydrogens (tertiary/aromatic N) is 2. The molecule has 0 aliphatic carbocycles. The summed E-state index contributed by atoms with van der Waals surface area (Å²) in [4.78, 5) is 15.8. The number of aliphatic imine (C=N–C) groups is 1. The number of benzene rings is 1. The first-order valence-electron chi connectivity index (χ1n) is 7.21. The molecule has 7 nitrogen and oxygen atoms in total. The van der Waals surface area contributed by atoms with Crippen LogP contribution in [0.3, 0.4) is 0 Å². The van der Waals surface area contributed by atoms with Gasteiger partial charge in [0.1, 0.15) is 18.1 Å². The van der Waals surface area contributed by atoms with Gasteiger partial charge in [0, 0.05) is 5.56 Å². The molecule has 0 atom stereocenters. The number of H-pyrrole nitrogens is 1. The molecule has 1 aromatic carbocycles. The summed E-state index contributed by atoms with van der Waals surface area (Å²) in [5, 5.41) is 6.79. The lowest BCUT2D eigenvalue weighted by Gasteiger charge is -2.00. The van der Waals surface area contributed by atoms with E-state index in [2.05, 4.69) is 15.2 Å². The van der Waals surface area contributed by atoms with E-state index in [0.717, 1.165) is 11.3 Å². The summed E-state index contributed by atoms with van der Waals surface area (Å²) in [5.41, 5.74) is 1.83. The fourth-order valence-corrected chi connectivity index (χ4v) is 1.78. The van der Waals surface area contributed by atoms with Gasteiger partial charge in [0.15, 0.2) is 6.40 Å². The molecule has 0 spiro atoms. The number of carbonyl (C=O) groups excluding carboxylic acids is 1. The molecular weight excluding hydrogens is 298 g/mol. The number of carbonyl (C=O) groups is 1. The fourth-order valence-electron chi connectivity index (χ4n) is 1.78. The van der Waals surface area contributed by atoms with Crippen molar-refractivity contribution < 1.29 is 19.0 Å². The predicted molar refractivity (Wildman–Crippen MR) is 85.8 cm³/mol. The van der Waals surface area contributed by atoms with E-state index in [1.807, 2.05) is 31.2 Å². The Morgan fingerprint density at radius 2 is 2.13 bits per heavy atom. The van der Waals surface area contributed by atoms with E-state index in [9.17, 15) is 4.79 Å². The van der Waals surface area contributed by atoms with Crippen molar-refractivity contribution in [3.8, 4) is 17.0 Å². The van der Waals surface area contributed by atoms with Crippen LogP contribution in [0, 0.1) is 0 Å². The Bertz CT molecular complexity index is 650. The highest BCUT2D eigenvalue weighted by atomic mass is 16.5. The second-order valence-electron chi connectivity index (χ2n) is 4.50. The first kappa shape index (κ1) is 16.5.